The lowest BCUT2D eigenvalue weighted by Gasteiger charge is -2.13. The predicted octanol–water partition coefficient (Wildman–Crippen LogP) is 2.81. The minimum Gasteiger partial charge on any atom is -0.208 e. The van der Waals surface area contributed by atoms with E-state index in [9.17, 15) is 12.8 Å². The highest BCUT2D eigenvalue weighted by Crippen LogP contribution is 2.23. The first kappa shape index (κ1) is 13.0. The number of rotatable bonds is 3. The quantitative estimate of drug-likeness (QED) is 0.930. The highest BCUT2D eigenvalue weighted by atomic mass is 79.9. The van der Waals surface area contributed by atoms with Crippen molar-refractivity contribution in [3.8, 4) is 0 Å². The van der Waals surface area contributed by atoms with Gasteiger partial charge in [-0.15, -0.1) is 0 Å². The van der Waals surface area contributed by atoms with Gasteiger partial charge in [0.2, 0.25) is 10.0 Å². The zero-order chi connectivity index (χ0) is 12.5. The predicted molar refractivity (Wildman–Crippen MR) is 66.7 cm³/mol. The fourth-order valence-corrected chi connectivity index (χ4v) is 3.93. The summed E-state index contributed by atoms with van der Waals surface area (Å²) in [4.78, 5) is -0.293. The van der Waals surface area contributed by atoms with Crippen LogP contribution < -0.4 is 4.72 Å². The normalized spacial score (nSPS) is 17.5. The third-order valence-electron chi connectivity index (χ3n) is 2.86. The van der Waals surface area contributed by atoms with E-state index in [0.29, 0.717) is 4.47 Å². The lowest BCUT2D eigenvalue weighted by Crippen LogP contribution is -2.33. The molecule has 0 radical (unpaired) electrons. The molecule has 2 rings (SSSR count). The van der Waals surface area contributed by atoms with Crippen molar-refractivity contribution < 1.29 is 12.8 Å². The van der Waals surface area contributed by atoms with Crippen LogP contribution in [0.4, 0.5) is 4.39 Å². The maximum absolute atomic E-state index is 13.5. The molecule has 0 saturated heterocycles. The van der Waals surface area contributed by atoms with Crippen LogP contribution >= 0.6 is 15.9 Å². The molecule has 0 unspecified atom stereocenters. The first-order valence-electron chi connectivity index (χ1n) is 5.46. The van der Waals surface area contributed by atoms with E-state index in [1.807, 2.05) is 0 Å². The standard InChI is InChI=1S/C11H13BrFNO2S/c12-8-5-6-10(13)11(7-8)17(15,16)14-9-3-1-2-4-9/h5-7,9,14H,1-4H2. The zero-order valence-corrected chi connectivity index (χ0v) is 11.5. The molecule has 6 heteroatoms. The monoisotopic (exact) mass is 321 g/mol. The summed E-state index contributed by atoms with van der Waals surface area (Å²) in [5, 5.41) is 0. The van der Waals surface area contributed by atoms with E-state index in [1.165, 1.54) is 12.1 Å². The van der Waals surface area contributed by atoms with E-state index in [-0.39, 0.29) is 10.9 Å². The topological polar surface area (TPSA) is 46.2 Å². The minimum atomic E-state index is -3.75. The first-order chi connectivity index (χ1) is 7.99. The van der Waals surface area contributed by atoms with Gasteiger partial charge in [0.25, 0.3) is 0 Å². The van der Waals surface area contributed by atoms with E-state index < -0.39 is 15.8 Å². The molecule has 17 heavy (non-hydrogen) atoms. The van der Waals surface area contributed by atoms with Crippen LogP contribution in [0, 0.1) is 5.82 Å². The van der Waals surface area contributed by atoms with Gasteiger partial charge in [0, 0.05) is 10.5 Å². The lowest BCUT2D eigenvalue weighted by molar-refractivity contribution is 0.536. The lowest BCUT2D eigenvalue weighted by atomic mass is 10.3. The van der Waals surface area contributed by atoms with Gasteiger partial charge in [-0.2, -0.15) is 0 Å². The van der Waals surface area contributed by atoms with Crippen molar-refractivity contribution in [2.75, 3.05) is 0 Å². The molecular formula is C11H13BrFNO2S. The van der Waals surface area contributed by atoms with Crippen molar-refractivity contribution in [2.24, 2.45) is 0 Å². The Bertz CT molecular complexity index is 512. The van der Waals surface area contributed by atoms with E-state index in [2.05, 4.69) is 20.7 Å². The second-order valence-electron chi connectivity index (χ2n) is 4.18. The van der Waals surface area contributed by atoms with Crippen molar-refractivity contribution in [3.63, 3.8) is 0 Å². The summed E-state index contributed by atoms with van der Waals surface area (Å²) in [6.45, 7) is 0. The Kier molecular flexibility index (Phi) is 3.85. The van der Waals surface area contributed by atoms with Gasteiger partial charge < -0.3 is 0 Å². The number of halogens is 2. The molecule has 1 saturated carbocycles. The van der Waals surface area contributed by atoms with Gasteiger partial charge in [-0.25, -0.2) is 17.5 Å². The van der Waals surface area contributed by atoms with Gasteiger partial charge in [0.05, 0.1) is 0 Å². The Labute approximate surface area is 109 Å². The molecule has 1 fully saturated rings. The molecule has 94 valence electrons. The first-order valence-corrected chi connectivity index (χ1v) is 7.74. The summed E-state index contributed by atoms with van der Waals surface area (Å²) in [5.41, 5.74) is 0. The Balaban J connectivity index is 2.27. The van der Waals surface area contributed by atoms with Crippen LogP contribution in [0.1, 0.15) is 25.7 Å². The summed E-state index contributed by atoms with van der Waals surface area (Å²) < 4.78 is 40.6. The average Bonchev–Trinajstić information content (AvgIpc) is 2.73. The second kappa shape index (κ2) is 5.04. The van der Waals surface area contributed by atoms with Crippen LogP contribution in [0.2, 0.25) is 0 Å². The van der Waals surface area contributed by atoms with Crippen molar-refractivity contribution in [1.29, 1.82) is 0 Å². The van der Waals surface area contributed by atoms with Crippen LogP contribution in [-0.4, -0.2) is 14.5 Å². The Hall–Kier alpha value is -0.460. The number of hydrogen-bond donors (Lipinski definition) is 1. The maximum atomic E-state index is 13.5. The highest BCUT2D eigenvalue weighted by Gasteiger charge is 2.25. The minimum absolute atomic E-state index is 0.0571. The molecule has 0 bridgehead atoms. The average molecular weight is 322 g/mol. The number of benzene rings is 1. The molecule has 3 nitrogen and oxygen atoms in total. The van der Waals surface area contributed by atoms with Gasteiger partial charge in [0.1, 0.15) is 10.7 Å². The molecular weight excluding hydrogens is 309 g/mol. The second-order valence-corrected chi connectivity index (χ2v) is 6.78. The van der Waals surface area contributed by atoms with Crippen molar-refractivity contribution in [1.82, 2.24) is 4.72 Å². The number of nitrogens with one attached hydrogen (secondary N) is 1. The van der Waals surface area contributed by atoms with Crippen LogP contribution in [0.3, 0.4) is 0 Å². The molecule has 0 amide bonds. The molecule has 0 atom stereocenters. The summed E-state index contributed by atoms with van der Waals surface area (Å²) in [6.07, 6.45) is 3.70. The molecule has 0 spiro atoms. The molecule has 1 aromatic rings. The zero-order valence-electron chi connectivity index (χ0n) is 9.12. The Morgan fingerprint density at radius 2 is 1.94 bits per heavy atom. The smallest absolute Gasteiger partial charge is 0.208 e. The van der Waals surface area contributed by atoms with E-state index in [4.69, 9.17) is 0 Å². The van der Waals surface area contributed by atoms with E-state index in [0.717, 1.165) is 31.7 Å². The SMILES string of the molecule is O=S(=O)(NC1CCCC1)c1cc(Br)ccc1F. The summed E-state index contributed by atoms with van der Waals surface area (Å²) in [5.74, 6) is -0.723. The maximum Gasteiger partial charge on any atom is 0.243 e. The highest BCUT2D eigenvalue weighted by molar-refractivity contribution is 9.10. The fourth-order valence-electron chi connectivity index (χ4n) is 2.01. The summed E-state index contributed by atoms with van der Waals surface area (Å²) in [6, 6.07) is 3.85. The van der Waals surface area contributed by atoms with Gasteiger partial charge in [-0.3, -0.25) is 0 Å². The van der Waals surface area contributed by atoms with Gasteiger partial charge >= 0.3 is 0 Å². The van der Waals surface area contributed by atoms with E-state index >= 15 is 0 Å². The van der Waals surface area contributed by atoms with E-state index in [1.54, 1.807) is 0 Å². The largest absolute Gasteiger partial charge is 0.243 e. The molecule has 0 aromatic heterocycles. The molecule has 1 aromatic carbocycles. The fraction of sp³-hybridized carbons (Fsp3) is 0.455. The number of sulfonamides is 1. The molecule has 1 aliphatic carbocycles. The Morgan fingerprint density at radius 3 is 2.59 bits per heavy atom. The third-order valence-corrected chi connectivity index (χ3v) is 4.89. The molecule has 0 aliphatic heterocycles. The van der Waals surface area contributed by atoms with Gasteiger partial charge in [-0.05, 0) is 31.0 Å². The Morgan fingerprint density at radius 1 is 1.29 bits per heavy atom. The van der Waals surface area contributed by atoms with Crippen molar-refractivity contribution in [3.05, 3.63) is 28.5 Å². The van der Waals surface area contributed by atoms with Crippen LogP contribution in [0.15, 0.2) is 27.6 Å². The van der Waals surface area contributed by atoms with Gasteiger partial charge in [-0.1, -0.05) is 28.8 Å². The summed E-state index contributed by atoms with van der Waals surface area (Å²) >= 11 is 3.14. The number of hydrogen-bond acceptors (Lipinski definition) is 2. The third kappa shape index (κ3) is 3.05. The van der Waals surface area contributed by atoms with Crippen LogP contribution in [-0.2, 0) is 10.0 Å². The van der Waals surface area contributed by atoms with Crippen LogP contribution in [0.5, 0.6) is 0 Å². The van der Waals surface area contributed by atoms with Crippen molar-refractivity contribution in [2.45, 2.75) is 36.6 Å². The van der Waals surface area contributed by atoms with Crippen LogP contribution in [0.25, 0.3) is 0 Å². The molecule has 1 aliphatic rings. The molecule has 1 N–H and O–H groups in total. The van der Waals surface area contributed by atoms with Crippen molar-refractivity contribution >= 4 is 26.0 Å². The molecule has 0 heterocycles. The summed E-state index contributed by atoms with van der Waals surface area (Å²) in [7, 11) is -3.75. The van der Waals surface area contributed by atoms with Gasteiger partial charge in [0.15, 0.2) is 0 Å².